The van der Waals surface area contributed by atoms with E-state index in [-0.39, 0.29) is 150 Å². The third-order valence-electron chi connectivity index (χ3n) is 24.7. The van der Waals surface area contributed by atoms with Gasteiger partial charge in [0.2, 0.25) is 22.7 Å². The van der Waals surface area contributed by atoms with Crippen LogP contribution in [0.2, 0.25) is 0 Å². The molecular formula is C101H122F2N10O16S5. The Labute approximate surface area is 814 Å². The summed E-state index contributed by atoms with van der Waals surface area (Å²) < 4.78 is 56.5. The highest BCUT2D eigenvalue weighted by Gasteiger charge is 2.43. The Morgan fingerprint density at radius 2 is 0.799 bits per heavy atom. The number of rotatable bonds is 22. The van der Waals surface area contributed by atoms with Crippen molar-refractivity contribution in [3.05, 3.63) is 236 Å². The van der Waals surface area contributed by atoms with Crippen molar-refractivity contribution < 1.29 is 75.9 Å². The lowest BCUT2D eigenvalue weighted by molar-refractivity contribution is -0.151. The number of pyridine rings is 2. The summed E-state index contributed by atoms with van der Waals surface area (Å²) in [6.45, 7) is 18.8. The Morgan fingerprint density at radius 3 is 1.16 bits per heavy atom. The Balaban J connectivity index is 0.000000284. The molecule has 134 heavy (non-hydrogen) atoms. The molecule has 8 heterocycles. The van der Waals surface area contributed by atoms with E-state index in [0.29, 0.717) is 75.7 Å². The summed E-state index contributed by atoms with van der Waals surface area (Å²) in [5.74, 6) is -4.75. The summed E-state index contributed by atoms with van der Waals surface area (Å²) >= 11 is 0. The molecule has 4 saturated heterocycles. The summed E-state index contributed by atoms with van der Waals surface area (Å²) in [4.78, 5) is 148. The smallest absolute Gasteiger partial charge is 0.410 e. The average Bonchev–Trinajstić information content (AvgIpc) is 1.30. The monoisotopic (exact) mass is 1930 g/mol. The highest BCUT2D eigenvalue weighted by Crippen LogP contribution is 2.40. The van der Waals surface area contributed by atoms with Crippen LogP contribution < -0.4 is 21.5 Å². The number of fused-ring (bicyclic) bond motifs is 2. The van der Waals surface area contributed by atoms with Gasteiger partial charge in [0.05, 0.1) is 80.3 Å². The van der Waals surface area contributed by atoms with Gasteiger partial charge in [0.1, 0.15) is 24.3 Å². The number of carbonyl (C=O) groups excluding carboxylic acids is 7. The lowest BCUT2D eigenvalue weighted by Crippen LogP contribution is -2.53. The number of nitrogens with one attached hydrogen (secondary N) is 4. The minimum Gasteiger partial charge on any atom is -0.481 e. The number of ether oxygens (including phenoxy) is 5. The fourth-order valence-electron chi connectivity index (χ4n) is 17.6. The number of nitrogens with zero attached hydrogens (tertiary/aromatic N) is 6. The zero-order chi connectivity index (χ0) is 92.2. The number of allylic oxidation sites excluding steroid dienone is 2. The number of aromatic nitrogens is 2. The second-order valence-corrected chi connectivity index (χ2v) is 35.4. The standard InChI is InChI=1S/C47H53FN6O7.C46H45FN4O5.C8H14O4.5H2S/c1-26(2)40(51-46(58)60-5)44(56)53-21-7-9-37(53)36-24-33(25-49-36)31-17-13-29(14-18-31)28-11-15-30(16-12-28)32-19-20-34-35(23-32)50-42(39(48)43(34)55)38-10-8-22-54(38)45(57)41(27(3)4)52-47(59)61-6;1-46(2,3)56-45(54)50-23-7-11-39(50)38-26-35(27-48-38)33-19-15-31(16-20-33)30-13-17-32(18-14-30)34-21-22-36-37(25-34)49-42(41(47)43(36)52)40-12-8-24-51(40)44(53)55-28-29-9-5-4-6-10-29;1-5(2)6(8(10)11)4-7(9)12-3;;;;;/h11-20,23,25-27,37-38,40-41H,7-10,21-22,24H2,1-6H3,(H,50,55)(H,51,58)(H,52,59);4-6,9-10,13-22,25,27,39-40H,7-8,11-12,23-24,26,28H2,1-3H3,(H,49,52);5-6H,4H2,1-3H3,(H,10,11);5*1H2/t37-,38?,40-,41-;39-,40?;6-;;;;;/m000...../s1. The molecule has 2 unspecified atom stereocenters. The van der Waals surface area contributed by atoms with Gasteiger partial charge in [0, 0.05) is 73.6 Å². The minimum absolute atomic E-state index is 0. The number of halogens is 2. The van der Waals surface area contributed by atoms with Gasteiger partial charge in [-0.1, -0.05) is 181 Å². The van der Waals surface area contributed by atoms with Crippen LogP contribution in [0.4, 0.5) is 28.0 Å². The molecule has 9 aromatic rings. The molecule has 0 aliphatic carbocycles. The maximum atomic E-state index is 15.8. The summed E-state index contributed by atoms with van der Waals surface area (Å²) in [5.41, 5.74) is 14.0. The van der Waals surface area contributed by atoms with Crippen LogP contribution in [0.1, 0.15) is 173 Å². The van der Waals surface area contributed by atoms with Crippen molar-refractivity contribution in [1.29, 1.82) is 0 Å². The molecule has 716 valence electrons. The largest absolute Gasteiger partial charge is 0.481 e. The Morgan fingerprint density at radius 1 is 0.455 bits per heavy atom. The predicted octanol–water partition coefficient (Wildman–Crippen LogP) is 19.1. The Kier molecular flexibility index (Phi) is 38.6. The van der Waals surface area contributed by atoms with E-state index in [4.69, 9.17) is 34.0 Å². The normalized spacial score (nSPS) is 17.2. The van der Waals surface area contributed by atoms with Gasteiger partial charge in [-0.25, -0.2) is 28.0 Å². The van der Waals surface area contributed by atoms with Gasteiger partial charge in [-0.15, -0.1) is 0 Å². The molecule has 0 spiro atoms. The fourth-order valence-corrected chi connectivity index (χ4v) is 17.6. The maximum absolute atomic E-state index is 15.8. The van der Waals surface area contributed by atoms with Crippen LogP contribution in [0.25, 0.3) is 77.5 Å². The number of hydrogen-bond acceptors (Lipinski definition) is 17. The highest BCUT2D eigenvalue weighted by molar-refractivity contribution is 7.60. The SMILES string of the molecule is CC(C)(C)OC(=O)N1CCC[C@H]1C1=NC=C(c2ccc(-c3ccc(-c4ccc5c(=O)c(F)c(C6CCCN6C(=O)OCc6ccccc6)[nH]c5c4)cc3)cc2)C1.COC(=O)C[C@H](C(=O)O)C(C)C.COC(=O)N[C@H](C(=O)N1CCCC1c1[nH]c2cc(-c3ccc(-c4ccc(C5=CN=C([C@@H]6CCCN6C(=O)[C@@H](NC(=O)OC)C(C)C)C5)cc4)cc3)ccc2c(=O)c1F)C(C)C.S.S.S.S.S. The molecule has 6 aliphatic rings. The number of amides is 6. The minimum atomic E-state index is -0.949. The first kappa shape index (κ1) is 108. The molecule has 15 rings (SSSR count). The van der Waals surface area contributed by atoms with Gasteiger partial charge in [-0.2, -0.15) is 67.5 Å². The van der Waals surface area contributed by atoms with Crippen LogP contribution in [-0.2, 0) is 49.5 Å². The van der Waals surface area contributed by atoms with Crippen molar-refractivity contribution in [3.8, 4) is 44.5 Å². The van der Waals surface area contributed by atoms with Crippen molar-refractivity contribution in [2.24, 2.45) is 33.7 Å². The fraction of sp³-hybridized carbons (Fsp3) is 0.386. The zero-order valence-corrected chi connectivity index (χ0v) is 82.3. The lowest BCUT2D eigenvalue weighted by atomic mass is 9.93. The zero-order valence-electron chi connectivity index (χ0n) is 77.3. The number of esters is 1. The topological polar surface area (TPSA) is 330 Å². The number of hydrogen-bond donors (Lipinski definition) is 5. The van der Waals surface area contributed by atoms with Crippen LogP contribution in [0, 0.1) is 35.3 Å². The molecule has 33 heteroatoms. The van der Waals surface area contributed by atoms with Crippen molar-refractivity contribution in [1.82, 2.24) is 40.2 Å². The first-order valence-electron chi connectivity index (χ1n) is 44.0. The van der Waals surface area contributed by atoms with E-state index < -0.39 is 88.4 Å². The number of carboxylic acids is 1. The first-order valence-corrected chi connectivity index (χ1v) is 44.0. The maximum Gasteiger partial charge on any atom is 0.410 e. The second kappa shape index (κ2) is 48.0. The number of carboxylic acid groups (broad SMARTS) is 1. The molecule has 6 amide bonds. The van der Waals surface area contributed by atoms with Crippen molar-refractivity contribution >= 4 is 160 Å². The second-order valence-electron chi connectivity index (χ2n) is 35.4. The van der Waals surface area contributed by atoms with Crippen molar-refractivity contribution in [2.75, 3.05) is 47.5 Å². The molecule has 0 saturated carbocycles. The molecule has 7 atom stereocenters. The summed E-state index contributed by atoms with van der Waals surface area (Å²) in [7, 11) is 3.76. The van der Waals surface area contributed by atoms with E-state index >= 15 is 8.78 Å². The quantitative estimate of drug-likeness (QED) is 0.0311. The van der Waals surface area contributed by atoms with E-state index in [1.165, 1.54) is 31.1 Å². The van der Waals surface area contributed by atoms with Crippen molar-refractivity contribution in [3.63, 3.8) is 0 Å². The number of alkyl carbamates (subject to hydrolysis) is 2. The number of H-pyrrole nitrogens is 2. The van der Waals surface area contributed by atoms with Crippen LogP contribution >= 0.6 is 67.5 Å². The van der Waals surface area contributed by atoms with E-state index in [2.05, 4.69) is 86.0 Å². The molecule has 7 aromatic carbocycles. The number of likely N-dealkylation sites (tertiary alicyclic amines) is 4. The third kappa shape index (κ3) is 25.3. The third-order valence-corrected chi connectivity index (χ3v) is 24.7. The van der Waals surface area contributed by atoms with Crippen LogP contribution in [0.15, 0.2) is 196 Å². The number of benzene rings is 7. The molecule has 0 bridgehead atoms. The van der Waals surface area contributed by atoms with Gasteiger partial charge in [0.25, 0.3) is 0 Å². The Bertz CT molecular complexity index is 5950. The molecule has 26 nitrogen and oxygen atoms in total. The molecular weight excluding hydrogens is 1810 g/mol. The van der Waals surface area contributed by atoms with Crippen molar-refractivity contribution in [2.45, 2.75) is 181 Å². The summed E-state index contributed by atoms with van der Waals surface area (Å²) in [6.07, 6.45) is 8.68. The number of aliphatic imine (C=N–C) groups is 2. The molecule has 5 N–H and O–H groups in total. The number of aliphatic carboxylic acids is 1. The molecule has 2 aromatic heterocycles. The van der Waals surface area contributed by atoms with E-state index in [1.807, 2.05) is 156 Å². The van der Waals surface area contributed by atoms with Gasteiger partial charge >= 0.3 is 36.3 Å². The van der Waals surface area contributed by atoms with Crippen LogP contribution in [0.5, 0.6) is 0 Å². The first-order chi connectivity index (χ1) is 61.8. The van der Waals surface area contributed by atoms with E-state index in [9.17, 15) is 47.9 Å². The van der Waals surface area contributed by atoms with Gasteiger partial charge < -0.3 is 59.2 Å². The summed E-state index contributed by atoms with van der Waals surface area (Å²) in [5, 5.41) is 14.4. The molecule has 6 aliphatic heterocycles. The number of carbonyl (C=O) groups is 8. The van der Waals surface area contributed by atoms with Crippen LogP contribution in [-0.4, -0.2) is 172 Å². The number of methoxy groups -OCH3 is 3. The van der Waals surface area contributed by atoms with Gasteiger partial charge in [-0.05, 0) is 187 Å². The number of aromatic amines is 2. The van der Waals surface area contributed by atoms with Gasteiger partial charge in [0.15, 0.2) is 11.6 Å². The van der Waals surface area contributed by atoms with Crippen LogP contribution in [0.3, 0.4) is 0 Å². The Hall–Kier alpha value is -11.7. The average molecular weight is 1930 g/mol. The predicted molar refractivity (Wildman–Crippen MR) is 543 cm³/mol. The summed E-state index contributed by atoms with van der Waals surface area (Å²) in [6, 6.07) is 49.9. The van der Waals surface area contributed by atoms with E-state index in [0.717, 1.165) is 109 Å². The highest BCUT2D eigenvalue weighted by atomic mass is 32.1. The molecule has 0 radical (unpaired) electrons. The van der Waals surface area contributed by atoms with Gasteiger partial charge in [-0.3, -0.25) is 48.6 Å². The van der Waals surface area contributed by atoms with E-state index in [1.54, 1.807) is 32.0 Å². The lowest BCUT2D eigenvalue weighted by Gasteiger charge is -2.31. The molecule has 4 fully saturated rings.